The molecule has 0 aliphatic rings. The first kappa shape index (κ1) is 14.3. The quantitative estimate of drug-likeness (QED) is 0.485. The normalized spacial score (nSPS) is 10.2. The van der Waals surface area contributed by atoms with Gasteiger partial charge in [-0.15, -0.1) is 0 Å². The van der Waals surface area contributed by atoms with Gasteiger partial charge in [-0.1, -0.05) is 22.0 Å². The van der Waals surface area contributed by atoms with E-state index in [1.807, 2.05) is 0 Å². The first-order valence-electron chi connectivity index (χ1n) is 5.44. The standard InChI is InChI=1S/C14H7BrF2O3/c15-9-4-5-12(8(6-9)7-18)20-14(19)13-10(16)2-1-3-11(13)17/h1-7H. The highest BCUT2D eigenvalue weighted by molar-refractivity contribution is 9.10. The highest BCUT2D eigenvalue weighted by Gasteiger charge is 2.20. The Hall–Kier alpha value is -2.08. The van der Waals surface area contributed by atoms with Gasteiger partial charge in [-0.05, 0) is 30.3 Å². The summed E-state index contributed by atoms with van der Waals surface area (Å²) in [5.74, 6) is -3.33. The second kappa shape index (κ2) is 5.92. The van der Waals surface area contributed by atoms with Crippen LogP contribution in [0.1, 0.15) is 20.7 Å². The van der Waals surface area contributed by atoms with Crippen LogP contribution in [-0.4, -0.2) is 12.3 Å². The molecule has 0 aliphatic heterocycles. The van der Waals surface area contributed by atoms with Crippen molar-refractivity contribution in [2.45, 2.75) is 0 Å². The van der Waals surface area contributed by atoms with E-state index in [4.69, 9.17) is 4.74 Å². The van der Waals surface area contributed by atoms with Crippen molar-refractivity contribution < 1.29 is 23.1 Å². The third-order valence-corrected chi connectivity index (χ3v) is 2.96. The highest BCUT2D eigenvalue weighted by Crippen LogP contribution is 2.23. The van der Waals surface area contributed by atoms with Gasteiger partial charge in [0.25, 0.3) is 0 Å². The molecule has 0 N–H and O–H groups in total. The Morgan fingerprint density at radius 3 is 2.40 bits per heavy atom. The Labute approximate surface area is 121 Å². The fourth-order valence-corrected chi connectivity index (χ4v) is 1.93. The molecule has 102 valence electrons. The Kier molecular flexibility index (Phi) is 4.24. The number of hydrogen-bond acceptors (Lipinski definition) is 3. The van der Waals surface area contributed by atoms with Crippen LogP contribution in [0.25, 0.3) is 0 Å². The molecule has 0 heterocycles. The van der Waals surface area contributed by atoms with Gasteiger partial charge in [-0.2, -0.15) is 0 Å². The van der Waals surface area contributed by atoms with Crippen LogP contribution in [0.3, 0.4) is 0 Å². The van der Waals surface area contributed by atoms with Crippen molar-refractivity contribution in [3.63, 3.8) is 0 Å². The Bertz CT molecular complexity index is 666. The van der Waals surface area contributed by atoms with Gasteiger partial charge in [0, 0.05) is 4.47 Å². The van der Waals surface area contributed by atoms with Crippen molar-refractivity contribution in [1.82, 2.24) is 0 Å². The SMILES string of the molecule is O=Cc1cc(Br)ccc1OC(=O)c1c(F)cccc1F. The highest BCUT2D eigenvalue weighted by atomic mass is 79.9. The topological polar surface area (TPSA) is 43.4 Å². The Morgan fingerprint density at radius 1 is 1.15 bits per heavy atom. The molecule has 0 aromatic heterocycles. The average molecular weight is 341 g/mol. The molecule has 0 amide bonds. The van der Waals surface area contributed by atoms with E-state index >= 15 is 0 Å². The number of benzene rings is 2. The van der Waals surface area contributed by atoms with Crippen molar-refractivity contribution >= 4 is 28.2 Å². The van der Waals surface area contributed by atoms with Gasteiger partial charge < -0.3 is 4.74 Å². The molecule has 6 heteroatoms. The van der Waals surface area contributed by atoms with E-state index in [0.717, 1.165) is 18.2 Å². The zero-order valence-corrected chi connectivity index (χ0v) is 11.5. The fourth-order valence-electron chi connectivity index (χ4n) is 1.55. The number of esters is 1. The van der Waals surface area contributed by atoms with E-state index in [2.05, 4.69) is 15.9 Å². The molecule has 0 atom stereocenters. The second-order valence-corrected chi connectivity index (χ2v) is 4.70. The van der Waals surface area contributed by atoms with Crippen molar-refractivity contribution in [3.8, 4) is 5.75 Å². The van der Waals surface area contributed by atoms with Crippen LogP contribution in [-0.2, 0) is 0 Å². The lowest BCUT2D eigenvalue weighted by atomic mass is 10.2. The van der Waals surface area contributed by atoms with Crippen LogP contribution in [0.15, 0.2) is 40.9 Å². The van der Waals surface area contributed by atoms with Gasteiger partial charge in [-0.25, -0.2) is 13.6 Å². The van der Waals surface area contributed by atoms with E-state index in [9.17, 15) is 18.4 Å². The van der Waals surface area contributed by atoms with Crippen LogP contribution in [0.5, 0.6) is 5.75 Å². The molecule has 2 rings (SSSR count). The number of carbonyl (C=O) groups is 2. The van der Waals surface area contributed by atoms with Crippen LogP contribution in [0, 0.1) is 11.6 Å². The van der Waals surface area contributed by atoms with Gasteiger partial charge >= 0.3 is 5.97 Å². The minimum atomic E-state index is -1.20. The number of hydrogen-bond donors (Lipinski definition) is 0. The minimum absolute atomic E-state index is 0.0733. The van der Waals surface area contributed by atoms with Gasteiger partial charge in [0.2, 0.25) is 0 Å². The summed E-state index contributed by atoms with van der Waals surface area (Å²) in [4.78, 5) is 22.7. The summed E-state index contributed by atoms with van der Waals surface area (Å²) < 4.78 is 32.3. The number of ether oxygens (including phenoxy) is 1. The Balaban J connectivity index is 2.35. The first-order chi connectivity index (χ1) is 9.52. The van der Waals surface area contributed by atoms with E-state index in [-0.39, 0.29) is 11.3 Å². The molecule has 2 aromatic carbocycles. The zero-order valence-electron chi connectivity index (χ0n) is 9.90. The predicted molar refractivity (Wildman–Crippen MR) is 70.8 cm³/mol. The van der Waals surface area contributed by atoms with Crippen LogP contribution >= 0.6 is 15.9 Å². The largest absolute Gasteiger partial charge is 0.422 e. The minimum Gasteiger partial charge on any atom is -0.422 e. The average Bonchev–Trinajstić information content (AvgIpc) is 2.40. The number of aldehydes is 1. The molecular weight excluding hydrogens is 334 g/mol. The number of halogens is 3. The molecule has 0 spiro atoms. The first-order valence-corrected chi connectivity index (χ1v) is 6.23. The van der Waals surface area contributed by atoms with Crippen molar-refractivity contribution in [2.75, 3.05) is 0 Å². The maximum Gasteiger partial charge on any atom is 0.349 e. The molecule has 0 saturated carbocycles. The molecule has 3 nitrogen and oxygen atoms in total. The summed E-state index contributed by atoms with van der Waals surface area (Å²) in [5, 5.41) is 0. The molecule has 0 saturated heterocycles. The predicted octanol–water partition coefficient (Wildman–Crippen LogP) is 3.76. The molecule has 2 aromatic rings. The maximum absolute atomic E-state index is 13.4. The van der Waals surface area contributed by atoms with E-state index in [1.54, 1.807) is 0 Å². The number of carbonyl (C=O) groups excluding carboxylic acids is 2. The van der Waals surface area contributed by atoms with Crippen molar-refractivity contribution in [1.29, 1.82) is 0 Å². The van der Waals surface area contributed by atoms with Gasteiger partial charge in [0.05, 0.1) is 5.56 Å². The third-order valence-electron chi connectivity index (χ3n) is 2.47. The second-order valence-electron chi connectivity index (χ2n) is 3.79. The third kappa shape index (κ3) is 2.91. The molecule has 0 fully saturated rings. The lowest BCUT2D eigenvalue weighted by Crippen LogP contribution is -2.14. The number of rotatable bonds is 3. The van der Waals surface area contributed by atoms with Gasteiger partial charge in [-0.3, -0.25) is 4.79 Å². The van der Waals surface area contributed by atoms with Crippen LogP contribution < -0.4 is 4.74 Å². The summed E-state index contributed by atoms with van der Waals surface area (Å²) in [7, 11) is 0. The van der Waals surface area contributed by atoms with E-state index in [1.165, 1.54) is 18.2 Å². The smallest absolute Gasteiger partial charge is 0.349 e. The van der Waals surface area contributed by atoms with Crippen molar-refractivity contribution in [3.05, 3.63) is 63.6 Å². The van der Waals surface area contributed by atoms with Crippen molar-refractivity contribution in [2.24, 2.45) is 0 Å². The van der Waals surface area contributed by atoms with E-state index < -0.39 is 23.2 Å². The molecule has 20 heavy (non-hydrogen) atoms. The van der Waals surface area contributed by atoms with Gasteiger partial charge in [0.15, 0.2) is 6.29 Å². The summed E-state index contributed by atoms with van der Waals surface area (Å²) in [6, 6.07) is 7.34. The summed E-state index contributed by atoms with van der Waals surface area (Å²) in [6.45, 7) is 0. The van der Waals surface area contributed by atoms with Crippen LogP contribution in [0.4, 0.5) is 8.78 Å². The lowest BCUT2D eigenvalue weighted by Gasteiger charge is -2.08. The zero-order chi connectivity index (χ0) is 14.7. The monoisotopic (exact) mass is 340 g/mol. The lowest BCUT2D eigenvalue weighted by molar-refractivity contribution is 0.0723. The molecular formula is C14H7BrF2O3. The molecule has 0 radical (unpaired) electrons. The summed E-state index contributed by atoms with van der Waals surface area (Å²) in [5.41, 5.74) is -0.711. The molecule has 0 bridgehead atoms. The fraction of sp³-hybridized carbons (Fsp3) is 0. The Morgan fingerprint density at radius 2 is 1.80 bits per heavy atom. The van der Waals surface area contributed by atoms with Gasteiger partial charge in [0.1, 0.15) is 22.9 Å². The summed E-state index contributed by atoms with van der Waals surface area (Å²) >= 11 is 3.15. The van der Waals surface area contributed by atoms with E-state index in [0.29, 0.717) is 10.8 Å². The van der Waals surface area contributed by atoms with Crippen LogP contribution in [0.2, 0.25) is 0 Å². The molecule has 0 aliphatic carbocycles. The molecule has 0 unspecified atom stereocenters. The summed E-state index contributed by atoms with van der Waals surface area (Å²) in [6.07, 6.45) is 0.477. The maximum atomic E-state index is 13.4.